The van der Waals surface area contributed by atoms with Gasteiger partial charge in [-0.3, -0.25) is 9.59 Å². The van der Waals surface area contributed by atoms with Crippen LogP contribution in [0.1, 0.15) is 33.5 Å². The number of hydrogen-bond donors (Lipinski definition) is 1. The van der Waals surface area contributed by atoms with Crippen molar-refractivity contribution in [3.8, 4) is 0 Å². The quantitative estimate of drug-likeness (QED) is 0.450. The van der Waals surface area contributed by atoms with Crippen molar-refractivity contribution in [1.82, 2.24) is 19.8 Å². The van der Waals surface area contributed by atoms with Crippen molar-refractivity contribution in [2.24, 2.45) is 0 Å². The monoisotopic (exact) mass is 531 g/mol. The summed E-state index contributed by atoms with van der Waals surface area (Å²) in [4.78, 5) is 34.8. The van der Waals surface area contributed by atoms with Crippen LogP contribution in [0.15, 0.2) is 41.5 Å². The number of morpholine rings is 1. The van der Waals surface area contributed by atoms with Crippen molar-refractivity contribution < 1.29 is 22.7 Å². The lowest BCUT2D eigenvalue weighted by Gasteiger charge is -2.29. The molecule has 0 atom stereocenters. The molecule has 1 aromatic carbocycles. The van der Waals surface area contributed by atoms with E-state index in [0.717, 1.165) is 18.3 Å². The molecule has 1 amide bonds. The molecule has 0 unspecified atom stereocenters. The highest BCUT2D eigenvalue weighted by Gasteiger charge is 2.33. The summed E-state index contributed by atoms with van der Waals surface area (Å²) in [5, 5.41) is 2.78. The average Bonchev–Trinajstić information content (AvgIpc) is 2.88. The molecule has 1 fully saturated rings. The van der Waals surface area contributed by atoms with Gasteiger partial charge < -0.3 is 24.4 Å². The van der Waals surface area contributed by atoms with Crippen molar-refractivity contribution in [3.63, 3.8) is 0 Å². The first-order chi connectivity index (χ1) is 18.1. The molecule has 1 aliphatic heterocycles. The average molecular weight is 532 g/mol. The van der Waals surface area contributed by atoms with Gasteiger partial charge in [-0.05, 0) is 57.2 Å². The molecule has 1 N–H and O–H groups in total. The molecule has 3 aromatic rings. The Kier molecular flexibility index (Phi) is 8.37. The number of rotatable bonds is 8. The van der Waals surface area contributed by atoms with Gasteiger partial charge in [-0.1, -0.05) is 12.1 Å². The van der Waals surface area contributed by atoms with Crippen LogP contribution in [0.3, 0.4) is 0 Å². The van der Waals surface area contributed by atoms with E-state index in [1.807, 2.05) is 19.0 Å². The van der Waals surface area contributed by atoms with Crippen LogP contribution < -0.4 is 15.6 Å². The highest BCUT2D eigenvalue weighted by molar-refractivity contribution is 5.97. The predicted molar refractivity (Wildman–Crippen MR) is 140 cm³/mol. The van der Waals surface area contributed by atoms with E-state index in [9.17, 15) is 22.8 Å². The van der Waals surface area contributed by atoms with Crippen LogP contribution in [0, 0.1) is 6.92 Å². The fraction of sp³-hybridized carbons (Fsp3) is 0.444. The summed E-state index contributed by atoms with van der Waals surface area (Å²) in [5.41, 5.74) is 0.501. The number of pyridine rings is 2. The molecule has 0 saturated carbocycles. The summed E-state index contributed by atoms with van der Waals surface area (Å²) in [5.74, 6) is -0.538. The van der Waals surface area contributed by atoms with Crippen LogP contribution in [0.2, 0.25) is 0 Å². The first-order valence-corrected chi connectivity index (χ1v) is 12.5. The molecule has 0 aliphatic carbocycles. The number of carbonyl (C=O) groups is 1. The minimum atomic E-state index is -4.49. The predicted octanol–water partition coefficient (Wildman–Crippen LogP) is 3.29. The molecule has 1 saturated heterocycles. The third kappa shape index (κ3) is 6.16. The van der Waals surface area contributed by atoms with Gasteiger partial charge in [0.2, 0.25) is 5.43 Å². The molecule has 0 radical (unpaired) electrons. The molecular formula is C27H32F3N5O3. The van der Waals surface area contributed by atoms with E-state index in [1.165, 1.54) is 19.2 Å². The molecule has 38 heavy (non-hydrogen) atoms. The number of anilines is 1. The van der Waals surface area contributed by atoms with Crippen LogP contribution in [0.4, 0.5) is 18.9 Å². The van der Waals surface area contributed by atoms with Gasteiger partial charge in [0.05, 0.1) is 36.2 Å². The summed E-state index contributed by atoms with van der Waals surface area (Å²) in [6.45, 7) is 5.02. The summed E-state index contributed by atoms with van der Waals surface area (Å²) < 4.78 is 47.8. The number of aromatic nitrogens is 2. The number of amides is 1. The number of fused-ring (bicyclic) bond motifs is 1. The molecular weight excluding hydrogens is 499 g/mol. The van der Waals surface area contributed by atoms with Gasteiger partial charge in [-0.15, -0.1) is 0 Å². The molecule has 3 heterocycles. The van der Waals surface area contributed by atoms with Gasteiger partial charge in [-0.2, -0.15) is 13.2 Å². The third-order valence-electron chi connectivity index (χ3n) is 6.69. The molecule has 204 valence electrons. The van der Waals surface area contributed by atoms with Gasteiger partial charge in [-0.25, -0.2) is 4.98 Å². The Hall–Kier alpha value is -3.44. The zero-order valence-electron chi connectivity index (χ0n) is 21.8. The van der Waals surface area contributed by atoms with E-state index < -0.39 is 23.1 Å². The van der Waals surface area contributed by atoms with Crippen LogP contribution in [-0.4, -0.2) is 73.8 Å². The lowest BCUT2D eigenvalue weighted by Crippen LogP contribution is -2.36. The molecule has 4 rings (SSSR count). The van der Waals surface area contributed by atoms with E-state index in [4.69, 9.17) is 4.74 Å². The Morgan fingerprint density at radius 2 is 1.95 bits per heavy atom. The summed E-state index contributed by atoms with van der Waals surface area (Å²) in [6, 6.07) is 5.84. The number of nitrogens with one attached hydrogen (secondary N) is 1. The maximum absolute atomic E-state index is 13.6. The summed E-state index contributed by atoms with van der Waals surface area (Å²) in [6.07, 6.45) is -0.774. The maximum Gasteiger partial charge on any atom is 0.416 e. The normalized spacial score (nSPS) is 14.3. The zero-order chi connectivity index (χ0) is 27.4. The van der Waals surface area contributed by atoms with Crippen LogP contribution in [-0.2, 0) is 17.5 Å². The van der Waals surface area contributed by atoms with Crippen molar-refractivity contribution in [2.45, 2.75) is 26.1 Å². The van der Waals surface area contributed by atoms with Crippen molar-refractivity contribution in [2.75, 3.05) is 58.4 Å². The number of carbonyl (C=O) groups excluding carboxylic acids is 1. The zero-order valence-corrected chi connectivity index (χ0v) is 21.8. The molecule has 0 spiro atoms. The second-order valence-electron chi connectivity index (χ2n) is 9.66. The number of alkyl halides is 3. The van der Waals surface area contributed by atoms with Gasteiger partial charge in [0.15, 0.2) is 0 Å². The maximum atomic E-state index is 13.6. The highest BCUT2D eigenvalue weighted by atomic mass is 19.4. The van der Waals surface area contributed by atoms with E-state index in [2.05, 4.69) is 15.2 Å². The fourth-order valence-electron chi connectivity index (χ4n) is 4.57. The smallest absolute Gasteiger partial charge is 0.378 e. The Bertz CT molecular complexity index is 1360. The number of hydrogen-bond acceptors (Lipinski definition) is 6. The van der Waals surface area contributed by atoms with Crippen LogP contribution in [0.5, 0.6) is 0 Å². The van der Waals surface area contributed by atoms with Crippen LogP contribution >= 0.6 is 0 Å². The molecule has 11 heteroatoms. The first-order valence-electron chi connectivity index (χ1n) is 12.5. The molecule has 2 aromatic heterocycles. The standard InChI is InChI=1S/C27H32F3N5O3/c1-18-19(6-4-7-22(18)27(28,29)30)16-35-17-21(26(37)31-8-5-9-33(2)3)25(36)24-23(35)14-20(15-32-24)34-10-12-38-13-11-34/h4,6-7,14-15,17H,5,8-13,16H2,1-3H3,(H,31,37). The summed E-state index contributed by atoms with van der Waals surface area (Å²) >= 11 is 0. The highest BCUT2D eigenvalue weighted by Crippen LogP contribution is 2.33. The van der Waals surface area contributed by atoms with Crippen LogP contribution in [0.25, 0.3) is 11.0 Å². The van der Waals surface area contributed by atoms with E-state index in [-0.39, 0.29) is 23.2 Å². The minimum Gasteiger partial charge on any atom is -0.378 e. The second-order valence-corrected chi connectivity index (χ2v) is 9.66. The van der Waals surface area contributed by atoms with E-state index in [0.29, 0.717) is 50.3 Å². The van der Waals surface area contributed by atoms with Gasteiger partial charge in [0.25, 0.3) is 5.91 Å². The second kappa shape index (κ2) is 11.5. The largest absolute Gasteiger partial charge is 0.416 e. The molecule has 0 bridgehead atoms. The Labute approximate surface area is 219 Å². The fourth-order valence-corrected chi connectivity index (χ4v) is 4.57. The Balaban J connectivity index is 1.78. The van der Waals surface area contributed by atoms with Crippen molar-refractivity contribution in [3.05, 3.63) is 69.1 Å². The lowest BCUT2D eigenvalue weighted by molar-refractivity contribution is -0.138. The van der Waals surface area contributed by atoms with Gasteiger partial charge in [0.1, 0.15) is 11.1 Å². The van der Waals surface area contributed by atoms with E-state index >= 15 is 0 Å². The van der Waals surface area contributed by atoms with Gasteiger partial charge >= 0.3 is 6.18 Å². The topological polar surface area (TPSA) is 79.7 Å². The number of ether oxygens (including phenoxy) is 1. The molecule has 1 aliphatic rings. The number of benzene rings is 1. The number of halogens is 3. The van der Waals surface area contributed by atoms with Gasteiger partial charge in [0, 0.05) is 32.4 Å². The van der Waals surface area contributed by atoms with Crippen molar-refractivity contribution >= 4 is 22.6 Å². The first kappa shape index (κ1) is 27.6. The Morgan fingerprint density at radius 1 is 1.21 bits per heavy atom. The number of nitrogens with zero attached hydrogens (tertiary/aromatic N) is 4. The third-order valence-corrected chi connectivity index (χ3v) is 6.69. The van der Waals surface area contributed by atoms with E-state index in [1.54, 1.807) is 22.9 Å². The van der Waals surface area contributed by atoms with Crippen molar-refractivity contribution in [1.29, 1.82) is 0 Å². The SMILES string of the molecule is Cc1c(Cn2cc(C(=O)NCCCN(C)C)c(=O)c3ncc(N4CCOCC4)cc32)cccc1C(F)(F)F. The summed E-state index contributed by atoms with van der Waals surface area (Å²) in [7, 11) is 3.85. The Morgan fingerprint density at radius 3 is 2.63 bits per heavy atom. The lowest BCUT2D eigenvalue weighted by atomic mass is 10.0. The minimum absolute atomic E-state index is 0.0295. The molecule has 8 nitrogen and oxygen atoms in total.